The molecule has 0 amide bonds. The molecule has 4 heteroatoms. The molecule has 3 atom stereocenters. The molecule has 1 aliphatic rings. The maximum absolute atomic E-state index is 11.2. The Morgan fingerprint density at radius 3 is 2.48 bits per heavy atom. The Labute approximate surface area is 173 Å². The molecule has 1 fully saturated rings. The normalized spacial score (nSPS) is 21.5. The highest BCUT2D eigenvalue weighted by molar-refractivity contribution is 5.69. The molecule has 4 nitrogen and oxygen atoms in total. The van der Waals surface area contributed by atoms with Gasteiger partial charge in [-0.15, -0.1) is 0 Å². The van der Waals surface area contributed by atoms with Gasteiger partial charge in [-0.3, -0.25) is 4.79 Å². The Morgan fingerprint density at radius 2 is 1.76 bits per heavy atom. The predicted octanol–water partition coefficient (Wildman–Crippen LogP) is 4.88. The van der Waals surface area contributed by atoms with Crippen molar-refractivity contribution in [3.8, 4) is 11.1 Å². The van der Waals surface area contributed by atoms with Gasteiger partial charge in [0, 0.05) is 18.4 Å². The Kier molecular flexibility index (Phi) is 8.03. The second kappa shape index (κ2) is 10.9. The van der Waals surface area contributed by atoms with E-state index in [0.717, 1.165) is 19.3 Å². The number of benzene rings is 2. The first-order valence-electron chi connectivity index (χ1n) is 10.4. The first-order valence-corrected chi connectivity index (χ1v) is 10.4. The molecule has 1 aliphatic carbocycles. The van der Waals surface area contributed by atoms with Crippen molar-refractivity contribution in [1.29, 1.82) is 0 Å². The van der Waals surface area contributed by atoms with E-state index < -0.39 is 0 Å². The summed E-state index contributed by atoms with van der Waals surface area (Å²) in [6.45, 7) is 0.606. The smallest absolute Gasteiger partial charge is 0.305 e. The largest absolute Gasteiger partial charge is 0.469 e. The SMILES string of the molecule is COC(=O)CCC=CC[C@H]1[C@@H](OCc2ccc(-c3ccccc3)cc2)CC[C@@H]1N. The van der Waals surface area contributed by atoms with Crippen molar-refractivity contribution in [3.05, 3.63) is 72.3 Å². The number of esters is 1. The third-order valence-corrected chi connectivity index (χ3v) is 5.65. The molecular formula is C25H31NO3. The van der Waals surface area contributed by atoms with Gasteiger partial charge in [0.2, 0.25) is 0 Å². The second-order valence-corrected chi connectivity index (χ2v) is 7.64. The van der Waals surface area contributed by atoms with Crippen LogP contribution in [0.4, 0.5) is 0 Å². The summed E-state index contributed by atoms with van der Waals surface area (Å²) in [6.07, 6.45) is 8.37. The van der Waals surface area contributed by atoms with Crippen molar-refractivity contribution in [3.63, 3.8) is 0 Å². The molecule has 0 unspecified atom stereocenters. The fourth-order valence-electron chi connectivity index (χ4n) is 3.90. The quantitative estimate of drug-likeness (QED) is 0.487. The van der Waals surface area contributed by atoms with Crippen LogP contribution in [0.3, 0.4) is 0 Å². The van der Waals surface area contributed by atoms with Gasteiger partial charge >= 0.3 is 5.97 Å². The Balaban J connectivity index is 1.48. The minimum Gasteiger partial charge on any atom is -0.469 e. The van der Waals surface area contributed by atoms with E-state index in [1.54, 1.807) is 0 Å². The lowest BCUT2D eigenvalue weighted by molar-refractivity contribution is -0.140. The standard InChI is InChI=1S/C25H31NO3/c1-28-25(27)11-7-3-6-10-22-23(26)16-17-24(22)29-18-19-12-14-21(15-13-19)20-8-4-2-5-9-20/h2-6,8-9,12-15,22-24H,7,10-11,16-18,26H2,1H3/t22-,23+,24+/m1/s1. The highest BCUT2D eigenvalue weighted by Gasteiger charge is 2.33. The van der Waals surface area contributed by atoms with Crippen LogP contribution in [0.25, 0.3) is 11.1 Å². The average molecular weight is 394 g/mol. The van der Waals surface area contributed by atoms with E-state index >= 15 is 0 Å². The zero-order chi connectivity index (χ0) is 20.5. The van der Waals surface area contributed by atoms with Crippen LogP contribution in [0, 0.1) is 5.92 Å². The van der Waals surface area contributed by atoms with E-state index in [9.17, 15) is 4.79 Å². The molecule has 2 aromatic rings. The number of methoxy groups -OCH3 is 1. The molecule has 0 spiro atoms. The molecule has 0 bridgehead atoms. The zero-order valence-electron chi connectivity index (χ0n) is 17.1. The molecule has 0 radical (unpaired) electrons. The van der Waals surface area contributed by atoms with Gasteiger partial charge in [-0.05, 0) is 42.4 Å². The number of nitrogens with two attached hydrogens (primary N) is 1. The summed E-state index contributed by atoms with van der Waals surface area (Å²) in [5.41, 5.74) is 9.94. The molecular weight excluding hydrogens is 362 g/mol. The van der Waals surface area contributed by atoms with Crippen LogP contribution >= 0.6 is 0 Å². The summed E-state index contributed by atoms with van der Waals surface area (Å²) in [6, 6.07) is 19.1. The lowest BCUT2D eigenvalue weighted by Crippen LogP contribution is -2.30. The summed E-state index contributed by atoms with van der Waals surface area (Å²) in [5, 5.41) is 0. The van der Waals surface area contributed by atoms with Crippen molar-refractivity contribution < 1.29 is 14.3 Å². The van der Waals surface area contributed by atoms with Gasteiger partial charge in [-0.25, -0.2) is 0 Å². The number of rotatable bonds is 9. The fraction of sp³-hybridized carbons (Fsp3) is 0.400. The van der Waals surface area contributed by atoms with Crippen LogP contribution in [0.15, 0.2) is 66.7 Å². The van der Waals surface area contributed by atoms with Gasteiger partial charge in [-0.1, -0.05) is 66.7 Å². The van der Waals surface area contributed by atoms with Crippen LogP contribution in [0.5, 0.6) is 0 Å². The minimum atomic E-state index is -0.174. The maximum Gasteiger partial charge on any atom is 0.305 e. The van der Waals surface area contributed by atoms with Crippen molar-refractivity contribution in [2.45, 2.75) is 50.9 Å². The summed E-state index contributed by atoms with van der Waals surface area (Å²) >= 11 is 0. The van der Waals surface area contributed by atoms with Crippen molar-refractivity contribution in [2.75, 3.05) is 7.11 Å². The van der Waals surface area contributed by atoms with Crippen LogP contribution in [0.1, 0.15) is 37.7 Å². The Morgan fingerprint density at radius 1 is 1.03 bits per heavy atom. The van der Waals surface area contributed by atoms with E-state index in [4.69, 9.17) is 10.5 Å². The molecule has 0 saturated heterocycles. The maximum atomic E-state index is 11.2. The molecule has 29 heavy (non-hydrogen) atoms. The third kappa shape index (κ3) is 6.28. The lowest BCUT2D eigenvalue weighted by atomic mass is 9.97. The van der Waals surface area contributed by atoms with Crippen molar-refractivity contribution >= 4 is 5.97 Å². The lowest BCUT2D eigenvalue weighted by Gasteiger charge is -2.22. The Bertz CT molecular complexity index is 785. The van der Waals surface area contributed by atoms with Gasteiger partial charge in [0.15, 0.2) is 0 Å². The van der Waals surface area contributed by atoms with Crippen LogP contribution < -0.4 is 5.73 Å². The van der Waals surface area contributed by atoms with E-state index in [1.165, 1.54) is 23.8 Å². The van der Waals surface area contributed by atoms with Crippen molar-refractivity contribution in [2.24, 2.45) is 11.7 Å². The molecule has 0 aliphatic heterocycles. The molecule has 2 aromatic carbocycles. The number of carbonyl (C=O) groups excluding carboxylic acids is 1. The van der Waals surface area contributed by atoms with Crippen molar-refractivity contribution in [1.82, 2.24) is 0 Å². The van der Waals surface area contributed by atoms with Crippen LogP contribution in [-0.2, 0) is 20.9 Å². The molecule has 3 rings (SSSR count). The van der Waals surface area contributed by atoms with Gasteiger partial charge in [0.05, 0.1) is 19.8 Å². The number of carbonyl (C=O) groups is 1. The minimum absolute atomic E-state index is 0.172. The molecule has 0 heterocycles. The number of ether oxygens (including phenoxy) is 2. The molecule has 154 valence electrons. The second-order valence-electron chi connectivity index (χ2n) is 7.64. The number of allylic oxidation sites excluding steroid dienone is 2. The average Bonchev–Trinajstić information content (AvgIpc) is 3.12. The number of hydrogen-bond acceptors (Lipinski definition) is 4. The van der Waals surface area contributed by atoms with Crippen LogP contribution in [-0.4, -0.2) is 25.2 Å². The van der Waals surface area contributed by atoms with Gasteiger partial charge in [0.25, 0.3) is 0 Å². The summed E-state index contributed by atoms with van der Waals surface area (Å²) < 4.78 is 10.9. The predicted molar refractivity (Wildman–Crippen MR) is 116 cm³/mol. The summed E-state index contributed by atoms with van der Waals surface area (Å²) in [5.74, 6) is 0.152. The zero-order valence-corrected chi connectivity index (χ0v) is 17.1. The van der Waals surface area contributed by atoms with E-state index in [1.807, 2.05) is 12.1 Å². The first kappa shape index (κ1) is 21.3. The van der Waals surface area contributed by atoms with E-state index in [2.05, 4.69) is 59.3 Å². The Hall–Kier alpha value is -2.43. The topological polar surface area (TPSA) is 61.5 Å². The number of hydrogen-bond donors (Lipinski definition) is 1. The first-order chi connectivity index (χ1) is 14.2. The van der Waals surface area contributed by atoms with E-state index in [-0.39, 0.29) is 18.1 Å². The van der Waals surface area contributed by atoms with Gasteiger partial charge in [-0.2, -0.15) is 0 Å². The highest BCUT2D eigenvalue weighted by atomic mass is 16.5. The molecule has 2 N–H and O–H groups in total. The van der Waals surface area contributed by atoms with Gasteiger partial charge < -0.3 is 15.2 Å². The molecule has 1 saturated carbocycles. The van der Waals surface area contributed by atoms with E-state index in [0.29, 0.717) is 25.4 Å². The third-order valence-electron chi connectivity index (χ3n) is 5.65. The fourth-order valence-corrected chi connectivity index (χ4v) is 3.90. The van der Waals surface area contributed by atoms with Gasteiger partial charge in [0.1, 0.15) is 0 Å². The van der Waals surface area contributed by atoms with Crippen LogP contribution in [0.2, 0.25) is 0 Å². The summed E-state index contributed by atoms with van der Waals surface area (Å²) in [7, 11) is 1.42. The highest BCUT2D eigenvalue weighted by Crippen LogP contribution is 2.31. The summed E-state index contributed by atoms with van der Waals surface area (Å²) in [4.78, 5) is 11.2. The monoisotopic (exact) mass is 393 g/mol. The molecule has 0 aromatic heterocycles.